The van der Waals surface area contributed by atoms with Crippen LogP contribution in [0.15, 0.2) is 23.1 Å². The number of benzene rings is 1. The van der Waals surface area contributed by atoms with Crippen molar-refractivity contribution in [3.05, 3.63) is 28.3 Å². The van der Waals surface area contributed by atoms with E-state index >= 15 is 0 Å². The van der Waals surface area contributed by atoms with Crippen molar-refractivity contribution in [2.75, 3.05) is 25.5 Å². The van der Waals surface area contributed by atoms with Crippen molar-refractivity contribution in [2.45, 2.75) is 17.4 Å². The van der Waals surface area contributed by atoms with E-state index in [1.807, 2.05) is 0 Å². The van der Waals surface area contributed by atoms with Gasteiger partial charge in [0.05, 0.1) is 11.0 Å². The van der Waals surface area contributed by atoms with Crippen LogP contribution in [-0.4, -0.2) is 49.0 Å². The van der Waals surface area contributed by atoms with Crippen LogP contribution in [-0.2, 0) is 10.0 Å². The number of nitrogens with one attached hydrogen (secondary N) is 1. The first kappa shape index (κ1) is 14.7. The highest BCUT2D eigenvalue weighted by atomic mass is 32.2. The lowest BCUT2D eigenvalue weighted by Gasteiger charge is -2.16. The molecule has 1 fully saturated rings. The van der Waals surface area contributed by atoms with Gasteiger partial charge in [-0.1, -0.05) is 0 Å². The SMILES string of the molecule is CNc1ccc([N+](=O)[O-])c(S(=O)(=O)N2CCC(O)C2)c1. The number of anilines is 1. The van der Waals surface area contributed by atoms with E-state index in [1.54, 1.807) is 7.05 Å². The number of nitro groups is 1. The smallest absolute Gasteiger partial charge is 0.289 e. The standard InChI is InChI=1S/C11H15N3O5S/c1-12-8-2-3-10(14(16)17)11(6-8)20(18,19)13-5-4-9(15)7-13/h2-3,6,9,12,15H,4-5,7H2,1H3. The molecule has 2 rings (SSSR count). The van der Waals surface area contributed by atoms with E-state index < -0.39 is 26.7 Å². The molecule has 0 spiro atoms. The van der Waals surface area contributed by atoms with Gasteiger partial charge in [-0.3, -0.25) is 10.1 Å². The van der Waals surface area contributed by atoms with Crippen LogP contribution < -0.4 is 5.32 Å². The summed E-state index contributed by atoms with van der Waals surface area (Å²) < 4.78 is 26.0. The number of sulfonamides is 1. The Morgan fingerprint density at radius 1 is 1.50 bits per heavy atom. The van der Waals surface area contributed by atoms with Crippen LogP contribution in [0.2, 0.25) is 0 Å². The number of hydrogen-bond acceptors (Lipinski definition) is 6. The van der Waals surface area contributed by atoms with E-state index in [1.165, 1.54) is 12.1 Å². The van der Waals surface area contributed by atoms with Gasteiger partial charge in [0, 0.05) is 31.9 Å². The maximum Gasteiger partial charge on any atom is 0.289 e. The molecular formula is C11H15N3O5S. The third-order valence-corrected chi connectivity index (χ3v) is 5.08. The van der Waals surface area contributed by atoms with Gasteiger partial charge in [-0.25, -0.2) is 8.42 Å². The van der Waals surface area contributed by atoms with Crippen LogP contribution in [0.3, 0.4) is 0 Å². The van der Waals surface area contributed by atoms with Crippen molar-refractivity contribution in [3.63, 3.8) is 0 Å². The van der Waals surface area contributed by atoms with Crippen LogP contribution in [0, 0.1) is 10.1 Å². The third-order valence-electron chi connectivity index (χ3n) is 3.19. The van der Waals surface area contributed by atoms with Gasteiger partial charge < -0.3 is 10.4 Å². The molecule has 8 nitrogen and oxygen atoms in total. The largest absolute Gasteiger partial charge is 0.392 e. The first-order chi connectivity index (χ1) is 9.36. The van der Waals surface area contributed by atoms with Gasteiger partial charge in [-0.2, -0.15) is 4.31 Å². The van der Waals surface area contributed by atoms with Gasteiger partial charge >= 0.3 is 0 Å². The van der Waals surface area contributed by atoms with E-state index in [0.29, 0.717) is 12.1 Å². The zero-order valence-electron chi connectivity index (χ0n) is 10.8. The molecule has 1 aromatic carbocycles. The van der Waals surface area contributed by atoms with E-state index in [-0.39, 0.29) is 18.0 Å². The molecule has 110 valence electrons. The Labute approximate surface area is 116 Å². The number of β-amino-alcohol motifs (C(OH)–C–C–N with tert-alkyl or cyclic N) is 1. The average Bonchev–Trinajstić information content (AvgIpc) is 2.85. The zero-order chi connectivity index (χ0) is 14.9. The average molecular weight is 301 g/mol. The van der Waals surface area contributed by atoms with Crippen molar-refractivity contribution >= 4 is 21.4 Å². The molecule has 1 aromatic rings. The topological polar surface area (TPSA) is 113 Å². The molecule has 0 bridgehead atoms. The summed E-state index contributed by atoms with van der Waals surface area (Å²) in [6.07, 6.45) is -0.394. The summed E-state index contributed by atoms with van der Waals surface area (Å²) in [5.74, 6) is 0. The number of rotatable bonds is 4. The maximum absolute atomic E-state index is 12.5. The predicted octanol–water partition coefficient (Wildman–Crippen LogP) is 0.392. The summed E-state index contributed by atoms with van der Waals surface area (Å²) in [5, 5.41) is 23.2. The molecule has 1 unspecified atom stereocenters. The van der Waals surface area contributed by atoms with Crippen molar-refractivity contribution in [1.82, 2.24) is 4.31 Å². The summed E-state index contributed by atoms with van der Waals surface area (Å²) in [7, 11) is -2.39. The number of nitrogens with zero attached hydrogens (tertiary/aromatic N) is 2. The summed E-state index contributed by atoms with van der Waals surface area (Å²) >= 11 is 0. The molecule has 0 amide bonds. The first-order valence-corrected chi connectivity index (χ1v) is 7.44. The molecule has 20 heavy (non-hydrogen) atoms. The minimum atomic E-state index is -3.99. The molecular weight excluding hydrogens is 286 g/mol. The van der Waals surface area contributed by atoms with Crippen molar-refractivity contribution < 1.29 is 18.4 Å². The van der Waals surface area contributed by atoms with E-state index in [2.05, 4.69) is 5.32 Å². The summed E-state index contributed by atoms with van der Waals surface area (Å²) in [6, 6.07) is 3.83. The number of nitro benzene ring substituents is 1. The second-order valence-corrected chi connectivity index (χ2v) is 6.40. The van der Waals surface area contributed by atoms with Gasteiger partial charge in [-0.15, -0.1) is 0 Å². The number of aliphatic hydroxyl groups excluding tert-OH is 1. The molecule has 0 aromatic heterocycles. The molecule has 1 aliphatic rings. The van der Waals surface area contributed by atoms with Gasteiger partial charge in [0.1, 0.15) is 0 Å². The predicted molar refractivity (Wildman–Crippen MR) is 72.0 cm³/mol. The summed E-state index contributed by atoms with van der Waals surface area (Å²) in [5.41, 5.74) is -0.000639. The normalized spacial score (nSPS) is 20.0. The summed E-state index contributed by atoms with van der Waals surface area (Å²) in [6.45, 7) is 0.119. The van der Waals surface area contributed by atoms with Crippen LogP contribution in [0.1, 0.15) is 6.42 Å². The minimum Gasteiger partial charge on any atom is -0.392 e. The van der Waals surface area contributed by atoms with Crippen LogP contribution in [0.5, 0.6) is 0 Å². The Morgan fingerprint density at radius 2 is 2.20 bits per heavy atom. The second kappa shape index (κ2) is 5.35. The zero-order valence-corrected chi connectivity index (χ0v) is 11.6. The maximum atomic E-state index is 12.5. The molecule has 2 N–H and O–H groups in total. The third kappa shape index (κ3) is 2.60. The fraction of sp³-hybridized carbons (Fsp3) is 0.455. The molecule has 1 aliphatic heterocycles. The van der Waals surface area contributed by atoms with E-state index in [0.717, 1.165) is 10.4 Å². The lowest BCUT2D eigenvalue weighted by molar-refractivity contribution is -0.387. The van der Waals surface area contributed by atoms with Gasteiger partial charge in [0.25, 0.3) is 5.69 Å². The Hall–Kier alpha value is -1.71. The monoisotopic (exact) mass is 301 g/mol. The highest BCUT2D eigenvalue weighted by Crippen LogP contribution is 2.31. The van der Waals surface area contributed by atoms with Gasteiger partial charge in [-0.05, 0) is 18.6 Å². The van der Waals surface area contributed by atoms with Gasteiger partial charge in [0.2, 0.25) is 10.0 Å². The molecule has 9 heteroatoms. The van der Waals surface area contributed by atoms with E-state index in [9.17, 15) is 23.6 Å². The molecule has 1 heterocycles. The Balaban J connectivity index is 2.52. The Bertz CT molecular complexity index is 631. The lowest BCUT2D eigenvalue weighted by atomic mass is 10.3. The van der Waals surface area contributed by atoms with Crippen molar-refractivity contribution in [3.8, 4) is 0 Å². The van der Waals surface area contributed by atoms with Gasteiger partial charge in [0.15, 0.2) is 4.90 Å². The molecule has 1 saturated heterocycles. The Morgan fingerprint density at radius 3 is 2.70 bits per heavy atom. The van der Waals surface area contributed by atoms with Crippen LogP contribution in [0.25, 0.3) is 0 Å². The molecule has 0 radical (unpaired) electrons. The Kier molecular flexibility index (Phi) is 3.93. The quantitative estimate of drug-likeness (QED) is 0.614. The van der Waals surface area contributed by atoms with Crippen LogP contribution in [0.4, 0.5) is 11.4 Å². The molecule has 1 atom stereocenters. The number of hydrogen-bond donors (Lipinski definition) is 2. The minimum absolute atomic E-state index is 0.0384. The fourth-order valence-electron chi connectivity index (χ4n) is 2.10. The van der Waals surface area contributed by atoms with Crippen LogP contribution >= 0.6 is 0 Å². The van der Waals surface area contributed by atoms with Crippen molar-refractivity contribution in [2.24, 2.45) is 0 Å². The fourth-order valence-corrected chi connectivity index (χ4v) is 3.77. The highest BCUT2D eigenvalue weighted by Gasteiger charge is 2.36. The van der Waals surface area contributed by atoms with E-state index in [4.69, 9.17) is 0 Å². The molecule has 0 saturated carbocycles. The molecule has 0 aliphatic carbocycles. The highest BCUT2D eigenvalue weighted by molar-refractivity contribution is 7.89. The summed E-state index contributed by atoms with van der Waals surface area (Å²) in [4.78, 5) is 9.92. The second-order valence-electron chi connectivity index (χ2n) is 4.50. The first-order valence-electron chi connectivity index (χ1n) is 6.00. The van der Waals surface area contributed by atoms with Crippen molar-refractivity contribution in [1.29, 1.82) is 0 Å². The number of aliphatic hydroxyl groups is 1. The lowest BCUT2D eigenvalue weighted by Crippen LogP contribution is -2.30.